The van der Waals surface area contributed by atoms with Crippen molar-refractivity contribution in [3.8, 4) is 0 Å². The molecule has 2 aliphatic rings. The maximum absolute atomic E-state index is 12.5. The number of aliphatic hydroxyl groups is 7. The van der Waals surface area contributed by atoms with Crippen LogP contribution < -0.4 is 0 Å². The molecule has 1 saturated heterocycles. The fraction of sp³-hybridized carbons (Fsp3) is 0.963. The summed E-state index contributed by atoms with van der Waals surface area (Å²) in [5.74, 6) is 0.0990. The second-order valence-electron chi connectivity index (χ2n) is 11.0. The summed E-state index contributed by atoms with van der Waals surface area (Å²) in [6.07, 6.45) is -4.18. The summed E-state index contributed by atoms with van der Waals surface area (Å²) in [5.41, 5.74) is 0. The molecule has 0 amide bonds. The van der Waals surface area contributed by atoms with Gasteiger partial charge in [-0.25, -0.2) is 0 Å². The second kappa shape index (κ2) is 17.0. The van der Waals surface area contributed by atoms with E-state index in [4.69, 9.17) is 14.2 Å². The van der Waals surface area contributed by atoms with E-state index in [9.17, 15) is 40.5 Å². The molecular formula is C27H50O11. The molecule has 0 unspecified atom stereocenters. The molecule has 11 atom stereocenters. The Bertz CT molecular complexity index is 665. The molecule has 0 aromatic heterocycles. The smallest absolute Gasteiger partial charge is 0.306 e. The Labute approximate surface area is 225 Å². The van der Waals surface area contributed by atoms with Crippen molar-refractivity contribution in [1.29, 1.82) is 0 Å². The number of hydrogen-bond donors (Lipinski definition) is 7. The number of carbonyl (C=O) groups excluding carboxylic acids is 1. The summed E-state index contributed by atoms with van der Waals surface area (Å²) >= 11 is 0. The Morgan fingerprint density at radius 3 is 1.92 bits per heavy atom. The molecule has 0 aromatic rings. The van der Waals surface area contributed by atoms with Crippen LogP contribution in [0.2, 0.25) is 0 Å². The third kappa shape index (κ3) is 9.94. The lowest BCUT2D eigenvalue weighted by atomic mass is 9.84. The summed E-state index contributed by atoms with van der Waals surface area (Å²) in [4.78, 5) is 12.5. The number of esters is 1. The third-order valence-electron chi connectivity index (χ3n) is 7.69. The van der Waals surface area contributed by atoms with Gasteiger partial charge in [0.2, 0.25) is 0 Å². The van der Waals surface area contributed by atoms with Gasteiger partial charge in [0.15, 0.2) is 12.4 Å². The summed E-state index contributed by atoms with van der Waals surface area (Å²) in [6, 6.07) is 0. The first-order valence-electron chi connectivity index (χ1n) is 14.3. The normalized spacial score (nSPS) is 36.7. The van der Waals surface area contributed by atoms with Crippen LogP contribution in [0.25, 0.3) is 0 Å². The molecular weight excluding hydrogens is 500 g/mol. The van der Waals surface area contributed by atoms with Crippen LogP contribution in [0, 0.1) is 5.92 Å². The number of rotatable bonds is 16. The average molecular weight is 551 g/mol. The van der Waals surface area contributed by atoms with E-state index in [1.807, 2.05) is 0 Å². The average Bonchev–Trinajstić information content (AvgIpc) is 2.89. The Hall–Kier alpha value is -0.890. The Balaban J connectivity index is 1.76. The van der Waals surface area contributed by atoms with Crippen LogP contribution in [0.3, 0.4) is 0 Å². The molecule has 224 valence electrons. The van der Waals surface area contributed by atoms with Crippen LogP contribution in [0.15, 0.2) is 0 Å². The van der Waals surface area contributed by atoms with Gasteiger partial charge in [-0.1, -0.05) is 78.1 Å². The van der Waals surface area contributed by atoms with E-state index in [-0.39, 0.29) is 13.0 Å². The van der Waals surface area contributed by atoms with Crippen LogP contribution >= 0.6 is 0 Å². The van der Waals surface area contributed by atoms with Gasteiger partial charge in [-0.15, -0.1) is 0 Å². The number of hydrogen-bond acceptors (Lipinski definition) is 11. The van der Waals surface area contributed by atoms with Crippen molar-refractivity contribution in [3.63, 3.8) is 0 Å². The molecule has 2 rings (SSSR count). The standard InChI is InChI=1S/C27H50O11/c1-3-4-9-12-16(2)13-10-7-5-6-8-11-14-18(29)37-25-22(33)20(31)21(32)23(34)26(25)38-27-24(35)19(30)17(28)15-36-27/h16-17,19-28,30-35H,3-15H2,1-2H3/t16-,17-,19+,20+,21-,22+,23-,24-,25-,26-,27+/m1/s1. The number of aliphatic hydroxyl groups excluding tert-OH is 7. The Morgan fingerprint density at radius 2 is 1.29 bits per heavy atom. The van der Waals surface area contributed by atoms with Crippen LogP contribution in [0.4, 0.5) is 0 Å². The molecule has 0 radical (unpaired) electrons. The minimum atomic E-state index is -1.82. The van der Waals surface area contributed by atoms with Crippen LogP contribution in [0.1, 0.15) is 90.9 Å². The zero-order chi connectivity index (χ0) is 28.2. The van der Waals surface area contributed by atoms with E-state index in [1.165, 1.54) is 38.5 Å². The molecule has 7 N–H and O–H groups in total. The lowest BCUT2D eigenvalue weighted by Crippen LogP contribution is -2.67. The van der Waals surface area contributed by atoms with Crippen molar-refractivity contribution in [1.82, 2.24) is 0 Å². The van der Waals surface area contributed by atoms with Crippen molar-refractivity contribution < 1.29 is 54.8 Å². The van der Waals surface area contributed by atoms with Gasteiger partial charge >= 0.3 is 5.97 Å². The van der Waals surface area contributed by atoms with E-state index < -0.39 is 67.2 Å². The molecule has 11 nitrogen and oxygen atoms in total. The summed E-state index contributed by atoms with van der Waals surface area (Å²) in [6.45, 7) is 4.16. The highest BCUT2D eigenvalue weighted by Crippen LogP contribution is 2.30. The minimum absolute atomic E-state index is 0.0621. The van der Waals surface area contributed by atoms with Crippen molar-refractivity contribution in [3.05, 3.63) is 0 Å². The highest BCUT2D eigenvalue weighted by atomic mass is 16.7. The van der Waals surface area contributed by atoms with Gasteiger partial charge in [-0.05, 0) is 12.3 Å². The fourth-order valence-corrected chi connectivity index (χ4v) is 5.10. The van der Waals surface area contributed by atoms with Gasteiger partial charge in [0, 0.05) is 6.42 Å². The maximum atomic E-state index is 12.5. The van der Waals surface area contributed by atoms with E-state index in [2.05, 4.69) is 13.8 Å². The van der Waals surface area contributed by atoms with Crippen LogP contribution in [-0.2, 0) is 19.0 Å². The van der Waals surface area contributed by atoms with Crippen molar-refractivity contribution in [2.45, 2.75) is 152 Å². The van der Waals surface area contributed by atoms with Gasteiger partial charge in [0.05, 0.1) is 6.61 Å². The number of ether oxygens (including phenoxy) is 3. The SMILES string of the molecule is CCCCC[C@@H](C)CCCCCCCCC(=O)O[C@@H]1[C@@H](O)[C@@H](O)[C@@H](O)[C@@H](O)[C@H]1O[C@@H]1OC[C@@H](O)[C@H](O)[C@H]1O. The van der Waals surface area contributed by atoms with Crippen molar-refractivity contribution in [2.75, 3.05) is 6.61 Å². The highest BCUT2D eigenvalue weighted by Gasteiger charge is 2.53. The molecule has 1 heterocycles. The predicted molar refractivity (Wildman–Crippen MR) is 137 cm³/mol. The van der Waals surface area contributed by atoms with Crippen LogP contribution in [-0.4, -0.2) is 110 Å². The van der Waals surface area contributed by atoms with Gasteiger partial charge in [-0.2, -0.15) is 0 Å². The summed E-state index contributed by atoms with van der Waals surface area (Å²) < 4.78 is 16.0. The molecule has 2 fully saturated rings. The summed E-state index contributed by atoms with van der Waals surface area (Å²) in [5, 5.41) is 70.7. The van der Waals surface area contributed by atoms with Crippen molar-refractivity contribution in [2.24, 2.45) is 5.92 Å². The number of unbranched alkanes of at least 4 members (excludes halogenated alkanes) is 7. The summed E-state index contributed by atoms with van der Waals surface area (Å²) in [7, 11) is 0. The predicted octanol–water partition coefficient (Wildman–Crippen LogP) is 0.517. The molecule has 1 aliphatic heterocycles. The zero-order valence-corrected chi connectivity index (χ0v) is 22.8. The van der Waals surface area contributed by atoms with E-state index in [0.717, 1.165) is 31.6 Å². The van der Waals surface area contributed by atoms with E-state index >= 15 is 0 Å². The zero-order valence-electron chi connectivity index (χ0n) is 22.8. The quantitative estimate of drug-likeness (QED) is 0.105. The fourth-order valence-electron chi connectivity index (χ4n) is 5.10. The Kier molecular flexibility index (Phi) is 14.9. The molecule has 0 spiro atoms. The van der Waals surface area contributed by atoms with Gasteiger partial charge in [-0.3, -0.25) is 4.79 Å². The monoisotopic (exact) mass is 550 g/mol. The lowest BCUT2D eigenvalue weighted by molar-refractivity contribution is -0.322. The lowest BCUT2D eigenvalue weighted by Gasteiger charge is -2.45. The second-order valence-corrected chi connectivity index (χ2v) is 11.0. The first-order valence-corrected chi connectivity index (χ1v) is 14.3. The van der Waals surface area contributed by atoms with E-state index in [1.54, 1.807) is 0 Å². The molecule has 0 aromatic carbocycles. The van der Waals surface area contributed by atoms with Gasteiger partial charge in [0.1, 0.15) is 48.8 Å². The van der Waals surface area contributed by atoms with Gasteiger partial charge < -0.3 is 50.0 Å². The van der Waals surface area contributed by atoms with Gasteiger partial charge in [0.25, 0.3) is 0 Å². The van der Waals surface area contributed by atoms with Crippen LogP contribution in [0.5, 0.6) is 0 Å². The number of carbonyl (C=O) groups is 1. The van der Waals surface area contributed by atoms with E-state index in [0.29, 0.717) is 6.42 Å². The maximum Gasteiger partial charge on any atom is 0.306 e. The first-order chi connectivity index (χ1) is 18.1. The minimum Gasteiger partial charge on any atom is -0.457 e. The Morgan fingerprint density at radius 1 is 0.737 bits per heavy atom. The first kappa shape index (κ1) is 33.3. The van der Waals surface area contributed by atoms with Crippen molar-refractivity contribution >= 4 is 5.97 Å². The molecule has 0 bridgehead atoms. The molecule has 38 heavy (non-hydrogen) atoms. The molecule has 1 aliphatic carbocycles. The third-order valence-corrected chi connectivity index (χ3v) is 7.69. The highest BCUT2D eigenvalue weighted by molar-refractivity contribution is 5.69. The topological polar surface area (TPSA) is 186 Å². The molecule has 11 heteroatoms. The molecule has 1 saturated carbocycles. The largest absolute Gasteiger partial charge is 0.457 e.